The standard InChI is InChI=1S/C7H16N2/c1-6(2)9(3)7-4-8-5-7/h6-8H,4-5H2,1-3H3. The molecule has 0 unspecified atom stereocenters. The van der Waals surface area contributed by atoms with Crippen LogP contribution in [0.2, 0.25) is 0 Å². The van der Waals surface area contributed by atoms with Crippen molar-refractivity contribution in [2.45, 2.75) is 25.9 Å². The molecule has 0 aromatic rings. The number of hydrogen-bond acceptors (Lipinski definition) is 2. The van der Waals surface area contributed by atoms with Crippen molar-refractivity contribution < 1.29 is 0 Å². The van der Waals surface area contributed by atoms with E-state index in [0.29, 0.717) is 6.04 Å². The predicted octanol–water partition coefficient (Wildman–Crippen LogP) is 0.298. The maximum atomic E-state index is 3.26. The molecule has 1 heterocycles. The van der Waals surface area contributed by atoms with E-state index in [0.717, 1.165) is 6.04 Å². The molecule has 0 atom stereocenters. The lowest BCUT2D eigenvalue weighted by Gasteiger charge is -2.38. The maximum absolute atomic E-state index is 3.26. The molecule has 1 fully saturated rings. The van der Waals surface area contributed by atoms with Gasteiger partial charge in [-0.05, 0) is 20.9 Å². The summed E-state index contributed by atoms with van der Waals surface area (Å²) in [5.74, 6) is 0. The molecular weight excluding hydrogens is 112 g/mol. The van der Waals surface area contributed by atoms with Crippen LogP contribution in [-0.4, -0.2) is 37.1 Å². The number of hydrogen-bond donors (Lipinski definition) is 1. The summed E-state index contributed by atoms with van der Waals surface area (Å²) >= 11 is 0. The van der Waals surface area contributed by atoms with Crippen LogP contribution in [0.3, 0.4) is 0 Å². The van der Waals surface area contributed by atoms with Gasteiger partial charge in [0.05, 0.1) is 0 Å². The fraction of sp³-hybridized carbons (Fsp3) is 1.00. The smallest absolute Gasteiger partial charge is 0.0345 e. The van der Waals surface area contributed by atoms with Crippen molar-refractivity contribution in [1.29, 1.82) is 0 Å². The molecule has 2 nitrogen and oxygen atoms in total. The van der Waals surface area contributed by atoms with E-state index >= 15 is 0 Å². The first-order chi connectivity index (χ1) is 4.22. The molecule has 0 radical (unpaired) electrons. The Kier molecular flexibility index (Phi) is 2.09. The molecule has 9 heavy (non-hydrogen) atoms. The van der Waals surface area contributed by atoms with Crippen LogP contribution in [0.4, 0.5) is 0 Å². The lowest BCUT2D eigenvalue weighted by Crippen LogP contribution is -2.57. The van der Waals surface area contributed by atoms with Crippen molar-refractivity contribution >= 4 is 0 Å². The highest BCUT2D eigenvalue weighted by atomic mass is 15.2. The predicted molar refractivity (Wildman–Crippen MR) is 39.6 cm³/mol. The van der Waals surface area contributed by atoms with Crippen LogP contribution in [0.25, 0.3) is 0 Å². The van der Waals surface area contributed by atoms with Gasteiger partial charge in [0, 0.05) is 25.2 Å². The highest BCUT2D eigenvalue weighted by molar-refractivity contribution is 4.83. The molecule has 0 aromatic heterocycles. The average molecular weight is 128 g/mol. The minimum absolute atomic E-state index is 0.692. The molecule has 1 N–H and O–H groups in total. The Labute approximate surface area is 57.2 Å². The van der Waals surface area contributed by atoms with E-state index in [1.807, 2.05) is 0 Å². The van der Waals surface area contributed by atoms with Crippen LogP contribution < -0.4 is 5.32 Å². The Morgan fingerprint density at radius 1 is 1.44 bits per heavy atom. The third-order valence-corrected chi connectivity index (χ3v) is 2.15. The molecular formula is C7H16N2. The maximum Gasteiger partial charge on any atom is 0.0345 e. The van der Waals surface area contributed by atoms with Gasteiger partial charge < -0.3 is 5.32 Å². The summed E-state index contributed by atoms with van der Waals surface area (Å²) in [5.41, 5.74) is 0. The first-order valence-corrected chi connectivity index (χ1v) is 3.64. The van der Waals surface area contributed by atoms with Crippen molar-refractivity contribution in [3.05, 3.63) is 0 Å². The van der Waals surface area contributed by atoms with E-state index in [1.165, 1.54) is 13.1 Å². The zero-order chi connectivity index (χ0) is 6.85. The van der Waals surface area contributed by atoms with E-state index in [4.69, 9.17) is 0 Å². The normalized spacial score (nSPS) is 21.0. The number of nitrogens with zero attached hydrogens (tertiary/aromatic N) is 1. The van der Waals surface area contributed by atoms with Gasteiger partial charge in [-0.2, -0.15) is 0 Å². The molecule has 1 saturated heterocycles. The summed E-state index contributed by atoms with van der Waals surface area (Å²) < 4.78 is 0. The molecule has 0 spiro atoms. The zero-order valence-corrected chi connectivity index (χ0v) is 6.52. The molecule has 0 bridgehead atoms. The summed E-state index contributed by atoms with van der Waals surface area (Å²) in [6.45, 7) is 6.82. The second kappa shape index (κ2) is 2.67. The molecule has 54 valence electrons. The summed E-state index contributed by atoms with van der Waals surface area (Å²) in [7, 11) is 2.19. The Morgan fingerprint density at radius 3 is 2.11 bits per heavy atom. The largest absolute Gasteiger partial charge is 0.314 e. The lowest BCUT2D eigenvalue weighted by molar-refractivity contribution is 0.145. The zero-order valence-electron chi connectivity index (χ0n) is 6.52. The lowest BCUT2D eigenvalue weighted by atomic mass is 10.1. The van der Waals surface area contributed by atoms with E-state index < -0.39 is 0 Å². The number of rotatable bonds is 2. The molecule has 0 aromatic carbocycles. The average Bonchev–Trinajstić information content (AvgIpc) is 1.60. The minimum Gasteiger partial charge on any atom is -0.314 e. The van der Waals surface area contributed by atoms with Crippen LogP contribution in [0.15, 0.2) is 0 Å². The first kappa shape index (κ1) is 7.03. The first-order valence-electron chi connectivity index (χ1n) is 3.64. The molecule has 0 aliphatic carbocycles. The van der Waals surface area contributed by atoms with E-state index in [-0.39, 0.29) is 0 Å². The fourth-order valence-electron chi connectivity index (χ4n) is 0.983. The quantitative estimate of drug-likeness (QED) is 0.575. The fourth-order valence-corrected chi connectivity index (χ4v) is 0.983. The van der Waals surface area contributed by atoms with Crippen molar-refractivity contribution in [2.24, 2.45) is 0 Å². The molecule has 0 amide bonds. The summed E-state index contributed by atoms with van der Waals surface area (Å²) in [4.78, 5) is 2.41. The monoisotopic (exact) mass is 128 g/mol. The van der Waals surface area contributed by atoms with Crippen molar-refractivity contribution in [2.75, 3.05) is 20.1 Å². The SMILES string of the molecule is CC(C)N(C)C1CNC1. The van der Waals surface area contributed by atoms with E-state index in [1.54, 1.807) is 0 Å². The van der Waals surface area contributed by atoms with Crippen molar-refractivity contribution in [3.8, 4) is 0 Å². The van der Waals surface area contributed by atoms with Crippen LogP contribution in [0.5, 0.6) is 0 Å². The third-order valence-electron chi connectivity index (χ3n) is 2.15. The minimum atomic E-state index is 0.692. The van der Waals surface area contributed by atoms with Gasteiger partial charge >= 0.3 is 0 Å². The highest BCUT2D eigenvalue weighted by Crippen LogP contribution is 2.05. The van der Waals surface area contributed by atoms with Crippen LogP contribution in [0.1, 0.15) is 13.8 Å². The molecule has 1 aliphatic rings. The van der Waals surface area contributed by atoms with Crippen LogP contribution in [-0.2, 0) is 0 Å². The van der Waals surface area contributed by atoms with Gasteiger partial charge in [-0.15, -0.1) is 0 Å². The number of nitrogens with one attached hydrogen (secondary N) is 1. The second-order valence-corrected chi connectivity index (χ2v) is 3.07. The highest BCUT2D eigenvalue weighted by Gasteiger charge is 2.22. The van der Waals surface area contributed by atoms with Gasteiger partial charge in [0.1, 0.15) is 0 Å². The molecule has 1 rings (SSSR count). The van der Waals surface area contributed by atoms with Gasteiger partial charge in [0.25, 0.3) is 0 Å². The van der Waals surface area contributed by atoms with Gasteiger partial charge in [-0.25, -0.2) is 0 Å². The molecule has 2 heteroatoms. The van der Waals surface area contributed by atoms with Gasteiger partial charge in [-0.1, -0.05) is 0 Å². The number of likely N-dealkylation sites (N-methyl/N-ethyl adjacent to an activating group) is 1. The Morgan fingerprint density at radius 2 is 2.00 bits per heavy atom. The van der Waals surface area contributed by atoms with Crippen LogP contribution >= 0.6 is 0 Å². The van der Waals surface area contributed by atoms with Crippen molar-refractivity contribution in [3.63, 3.8) is 0 Å². The van der Waals surface area contributed by atoms with Gasteiger partial charge in [-0.3, -0.25) is 4.90 Å². The van der Waals surface area contributed by atoms with Gasteiger partial charge in [0.15, 0.2) is 0 Å². The molecule has 1 aliphatic heterocycles. The topological polar surface area (TPSA) is 15.3 Å². The summed E-state index contributed by atoms with van der Waals surface area (Å²) in [5, 5.41) is 3.26. The summed E-state index contributed by atoms with van der Waals surface area (Å²) in [6.07, 6.45) is 0. The Balaban J connectivity index is 2.23. The van der Waals surface area contributed by atoms with Crippen molar-refractivity contribution in [1.82, 2.24) is 10.2 Å². The van der Waals surface area contributed by atoms with E-state index in [2.05, 4.69) is 31.1 Å². The van der Waals surface area contributed by atoms with E-state index in [9.17, 15) is 0 Å². The van der Waals surface area contributed by atoms with Gasteiger partial charge in [0.2, 0.25) is 0 Å². The van der Waals surface area contributed by atoms with Crippen LogP contribution in [0, 0.1) is 0 Å². The molecule has 0 saturated carbocycles. The summed E-state index contributed by atoms with van der Waals surface area (Å²) in [6, 6.07) is 1.49. The second-order valence-electron chi connectivity index (χ2n) is 3.07. The Hall–Kier alpha value is -0.0800. The Bertz CT molecular complexity index is 86.9. The third kappa shape index (κ3) is 1.43.